The lowest BCUT2D eigenvalue weighted by Gasteiger charge is -2.38. The predicted molar refractivity (Wildman–Crippen MR) is 137 cm³/mol. The summed E-state index contributed by atoms with van der Waals surface area (Å²) in [6.45, 7) is 8.34. The van der Waals surface area contributed by atoms with Gasteiger partial charge in [0.2, 0.25) is 0 Å². The molecule has 2 aromatic carbocycles. The molecule has 0 unspecified atom stereocenters. The maximum absolute atomic E-state index is 13.4. The number of Topliss-reactive ketones (excluding diaryl/α,β-unsaturated/α-hetero) is 1. The number of carbonyl (C=O) groups is 1. The van der Waals surface area contributed by atoms with Gasteiger partial charge in [0.25, 0.3) is 5.56 Å². The summed E-state index contributed by atoms with van der Waals surface area (Å²) in [6, 6.07) is 16.3. The molecule has 0 saturated carbocycles. The standard InChI is InChI=1S/C28H29N3O2S/c1-16-9-11-18(12-10-16)22-23-20(13-28(3,4)14-21(23)32)29-25-24(22)26(33)31-27(30-25)34-15-19-8-6-5-7-17(19)2/h5-12,22H,13-15H2,1-4H3,(H2,29,30,31,33)/t22-/m0/s1. The zero-order valence-electron chi connectivity index (χ0n) is 20.0. The van der Waals surface area contributed by atoms with E-state index in [-0.39, 0.29) is 16.8 Å². The molecule has 1 atom stereocenters. The zero-order valence-corrected chi connectivity index (χ0v) is 20.8. The first-order valence-electron chi connectivity index (χ1n) is 11.6. The highest BCUT2D eigenvalue weighted by Crippen LogP contribution is 2.47. The normalized spacial score (nSPS) is 18.8. The minimum atomic E-state index is -0.415. The molecule has 1 aliphatic carbocycles. The van der Waals surface area contributed by atoms with Crippen LogP contribution in [0, 0.1) is 19.3 Å². The molecule has 1 aliphatic heterocycles. The van der Waals surface area contributed by atoms with Gasteiger partial charge in [-0.1, -0.05) is 79.7 Å². The minimum absolute atomic E-state index is 0.104. The van der Waals surface area contributed by atoms with Crippen LogP contribution in [-0.4, -0.2) is 15.8 Å². The SMILES string of the molecule is Cc1ccc([C@H]2C3=C(CC(C)(C)CC3=O)Nc3nc(SCc4ccccc4C)[nH]c(=O)c32)cc1. The van der Waals surface area contributed by atoms with Crippen molar-refractivity contribution >= 4 is 23.4 Å². The summed E-state index contributed by atoms with van der Waals surface area (Å²) in [7, 11) is 0. The number of thioether (sulfide) groups is 1. The van der Waals surface area contributed by atoms with Crippen LogP contribution in [0.1, 0.15) is 60.4 Å². The molecule has 0 radical (unpaired) electrons. The largest absolute Gasteiger partial charge is 0.343 e. The number of H-pyrrole nitrogens is 1. The van der Waals surface area contributed by atoms with Gasteiger partial charge >= 0.3 is 0 Å². The van der Waals surface area contributed by atoms with Crippen molar-refractivity contribution in [3.05, 3.63) is 98.0 Å². The van der Waals surface area contributed by atoms with E-state index in [0.29, 0.717) is 28.5 Å². The number of aryl methyl sites for hydroxylation is 2. The number of anilines is 1. The number of hydrogen-bond acceptors (Lipinski definition) is 5. The van der Waals surface area contributed by atoms with Crippen LogP contribution in [0.15, 0.2) is 69.8 Å². The van der Waals surface area contributed by atoms with E-state index in [1.54, 1.807) is 0 Å². The maximum Gasteiger partial charge on any atom is 0.257 e. The molecule has 2 aliphatic rings. The molecule has 5 nitrogen and oxygen atoms in total. The van der Waals surface area contributed by atoms with Crippen molar-refractivity contribution in [2.75, 3.05) is 5.32 Å². The van der Waals surface area contributed by atoms with Gasteiger partial charge in [-0.25, -0.2) is 4.98 Å². The van der Waals surface area contributed by atoms with E-state index in [2.05, 4.69) is 43.2 Å². The van der Waals surface area contributed by atoms with Crippen molar-refractivity contribution in [1.29, 1.82) is 0 Å². The molecule has 34 heavy (non-hydrogen) atoms. The molecule has 6 heteroatoms. The van der Waals surface area contributed by atoms with Gasteiger partial charge in [0, 0.05) is 29.4 Å². The van der Waals surface area contributed by atoms with Gasteiger partial charge in [-0.3, -0.25) is 9.59 Å². The summed E-state index contributed by atoms with van der Waals surface area (Å²) in [6.07, 6.45) is 1.22. The Bertz CT molecular complexity index is 1370. The van der Waals surface area contributed by atoms with Crippen LogP contribution in [-0.2, 0) is 10.5 Å². The third-order valence-corrected chi connectivity index (χ3v) is 7.66. The van der Waals surface area contributed by atoms with Gasteiger partial charge in [-0.2, -0.15) is 0 Å². The molecule has 0 fully saturated rings. The number of aromatic nitrogens is 2. The molecule has 3 aromatic rings. The van der Waals surface area contributed by atoms with Crippen molar-refractivity contribution in [3.63, 3.8) is 0 Å². The van der Waals surface area contributed by atoms with Crippen LogP contribution in [0.4, 0.5) is 5.82 Å². The number of hydrogen-bond donors (Lipinski definition) is 2. The Hall–Kier alpha value is -3.12. The van der Waals surface area contributed by atoms with Crippen molar-refractivity contribution in [3.8, 4) is 0 Å². The first kappa shape index (κ1) is 22.7. The number of ketones is 1. The fourth-order valence-corrected chi connectivity index (χ4v) is 5.91. The van der Waals surface area contributed by atoms with Crippen LogP contribution in [0.5, 0.6) is 0 Å². The second-order valence-electron chi connectivity index (χ2n) is 10.2. The number of allylic oxidation sites excluding steroid dienone is 2. The fraction of sp³-hybridized carbons (Fsp3) is 0.321. The van der Waals surface area contributed by atoms with E-state index >= 15 is 0 Å². The van der Waals surface area contributed by atoms with Crippen LogP contribution >= 0.6 is 11.8 Å². The molecule has 0 amide bonds. The van der Waals surface area contributed by atoms with Gasteiger partial charge < -0.3 is 10.3 Å². The van der Waals surface area contributed by atoms with Gasteiger partial charge in [0.15, 0.2) is 10.9 Å². The highest BCUT2D eigenvalue weighted by atomic mass is 32.2. The fourth-order valence-electron chi connectivity index (χ4n) is 4.97. The lowest BCUT2D eigenvalue weighted by Crippen LogP contribution is -2.37. The Labute approximate surface area is 204 Å². The van der Waals surface area contributed by atoms with E-state index in [4.69, 9.17) is 4.98 Å². The van der Waals surface area contributed by atoms with Crippen molar-refractivity contribution < 1.29 is 4.79 Å². The number of benzene rings is 2. The zero-order chi connectivity index (χ0) is 24.0. The summed E-state index contributed by atoms with van der Waals surface area (Å²) in [4.78, 5) is 34.6. The van der Waals surface area contributed by atoms with E-state index < -0.39 is 5.92 Å². The molecular weight excluding hydrogens is 442 g/mol. The Balaban J connectivity index is 1.59. The third-order valence-electron chi connectivity index (χ3n) is 6.74. The van der Waals surface area contributed by atoms with Gasteiger partial charge in [-0.05, 0) is 42.4 Å². The number of fused-ring (bicyclic) bond motifs is 1. The van der Waals surface area contributed by atoms with Gasteiger partial charge in [0.1, 0.15) is 5.82 Å². The smallest absolute Gasteiger partial charge is 0.257 e. The van der Waals surface area contributed by atoms with Crippen LogP contribution in [0.3, 0.4) is 0 Å². The van der Waals surface area contributed by atoms with Gasteiger partial charge in [-0.15, -0.1) is 0 Å². The third kappa shape index (κ3) is 4.23. The van der Waals surface area contributed by atoms with E-state index in [0.717, 1.165) is 29.0 Å². The van der Waals surface area contributed by atoms with E-state index in [1.165, 1.54) is 22.9 Å². The Morgan fingerprint density at radius 1 is 1.03 bits per heavy atom. The van der Waals surface area contributed by atoms with Crippen LogP contribution < -0.4 is 10.9 Å². The number of carbonyl (C=O) groups excluding carboxylic acids is 1. The average Bonchev–Trinajstić information content (AvgIpc) is 2.77. The molecule has 5 rings (SSSR count). The predicted octanol–water partition coefficient (Wildman–Crippen LogP) is 5.88. The average molecular weight is 472 g/mol. The molecule has 2 heterocycles. The highest BCUT2D eigenvalue weighted by molar-refractivity contribution is 7.98. The molecular formula is C28H29N3O2S. The van der Waals surface area contributed by atoms with Crippen LogP contribution in [0.25, 0.3) is 0 Å². The molecule has 0 spiro atoms. The summed E-state index contributed by atoms with van der Waals surface area (Å²) in [5.74, 6) is 0.968. The van der Waals surface area contributed by atoms with E-state index in [9.17, 15) is 9.59 Å². The number of nitrogens with zero attached hydrogens (tertiary/aromatic N) is 1. The van der Waals surface area contributed by atoms with E-state index in [1.807, 2.05) is 43.3 Å². The molecule has 0 saturated heterocycles. The second kappa shape index (κ2) is 8.58. The van der Waals surface area contributed by atoms with Crippen molar-refractivity contribution in [2.45, 2.75) is 57.4 Å². The van der Waals surface area contributed by atoms with Crippen molar-refractivity contribution in [1.82, 2.24) is 9.97 Å². The molecule has 174 valence electrons. The topological polar surface area (TPSA) is 74.8 Å². The first-order chi connectivity index (χ1) is 16.2. The monoisotopic (exact) mass is 471 g/mol. The quantitative estimate of drug-likeness (QED) is 0.367. The Morgan fingerprint density at radius 3 is 2.50 bits per heavy atom. The lowest BCUT2D eigenvalue weighted by molar-refractivity contribution is -0.118. The summed E-state index contributed by atoms with van der Waals surface area (Å²) < 4.78 is 0. The minimum Gasteiger partial charge on any atom is -0.343 e. The Kier molecular flexibility index (Phi) is 5.72. The lowest BCUT2D eigenvalue weighted by atomic mass is 9.69. The van der Waals surface area contributed by atoms with Gasteiger partial charge in [0.05, 0.1) is 5.56 Å². The first-order valence-corrected chi connectivity index (χ1v) is 12.6. The summed E-state index contributed by atoms with van der Waals surface area (Å²) in [5, 5.41) is 3.98. The highest BCUT2D eigenvalue weighted by Gasteiger charge is 2.42. The van der Waals surface area contributed by atoms with Crippen molar-refractivity contribution in [2.24, 2.45) is 5.41 Å². The second-order valence-corrected chi connectivity index (χ2v) is 11.1. The van der Waals surface area contributed by atoms with Crippen LogP contribution in [0.2, 0.25) is 0 Å². The summed E-state index contributed by atoms with van der Waals surface area (Å²) in [5.41, 5.74) is 6.31. The number of nitrogens with one attached hydrogen (secondary N) is 2. The molecule has 0 bridgehead atoms. The molecule has 1 aromatic heterocycles. The Morgan fingerprint density at radius 2 is 1.76 bits per heavy atom. The molecule has 2 N–H and O–H groups in total. The summed E-state index contributed by atoms with van der Waals surface area (Å²) >= 11 is 1.51. The number of aromatic amines is 1. The maximum atomic E-state index is 13.4. The number of rotatable bonds is 4.